The van der Waals surface area contributed by atoms with Gasteiger partial charge in [0, 0.05) is 31.6 Å². The van der Waals surface area contributed by atoms with Gasteiger partial charge in [0.25, 0.3) is 0 Å². The third-order valence-electron chi connectivity index (χ3n) is 6.37. The molecule has 0 N–H and O–H groups in total. The lowest BCUT2D eigenvalue weighted by atomic mass is 9.87. The van der Waals surface area contributed by atoms with Gasteiger partial charge in [0.05, 0.1) is 10.2 Å². The summed E-state index contributed by atoms with van der Waals surface area (Å²) in [6, 6.07) is 8.54. The number of fused-ring (bicyclic) bond motifs is 1. The topological polar surface area (TPSA) is 49.3 Å². The highest BCUT2D eigenvalue weighted by Gasteiger charge is 2.45. The largest absolute Gasteiger partial charge is 0.355 e. The number of carbonyl (C=O) groups excluding carboxylic acids is 1. The number of nitrogens with zero attached hydrogens (tertiary/aromatic N) is 4. The summed E-state index contributed by atoms with van der Waals surface area (Å²) in [6.07, 6.45) is 6.09. The molecule has 5 rings (SSSR count). The van der Waals surface area contributed by atoms with Gasteiger partial charge in [-0.05, 0) is 54.8 Å². The van der Waals surface area contributed by atoms with Gasteiger partial charge in [-0.15, -0.1) is 11.3 Å². The summed E-state index contributed by atoms with van der Waals surface area (Å²) in [4.78, 5) is 26.1. The first-order valence-electron chi connectivity index (χ1n) is 10.1. The highest BCUT2D eigenvalue weighted by Crippen LogP contribution is 2.41. The molecule has 3 aromatic rings. The van der Waals surface area contributed by atoms with Crippen LogP contribution in [0.3, 0.4) is 0 Å². The van der Waals surface area contributed by atoms with E-state index in [4.69, 9.17) is 0 Å². The molecule has 29 heavy (non-hydrogen) atoms. The van der Waals surface area contributed by atoms with Crippen LogP contribution in [0.5, 0.6) is 0 Å². The number of hydrogen-bond donors (Lipinski definition) is 0. The van der Waals surface area contributed by atoms with Gasteiger partial charge in [0.15, 0.2) is 0 Å². The van der Waals surface area contributed by atoms with Crippen LogP contribution >= 0.6 is 11.3 Å². The zero-order chi connectivity index (χ0) is 19.8. The normalized spacial score (nSPS) is 22.6. The quantitative estimate of drug-likeness (QED) is 0.643. The van der Waals surface area contributed by atoms with Crippen molar-refractivity contribution in [1.82, 2.24) is 14.9 Å². The van der Waals surface area contributed by atoms with E-state index in [2.05, 4.69) is 25.1 Å². The van der Waals surface area contributed by atoms with Gasteiger partial charge in [-0.25, -0.2) is 14.4 Å². The molecular weight excluding hydrogens is 387 g/mol. The molecule has 1 amide bonds. The summed E-state index contributed by atoms with van der Waals surface area (Å²) in [5.41, 5.74) is 1.87. The SMILES string of the molecule is O=C1CC[C@]2(CCCN(c3ncnc4ccsc34)CC2)N1Cc1ccc(F)cc1. The van der Waals surface area contributed by atoms with E-state index in [1.807, 2.05) is 6.07 Å². The lowest BCUT2D eigenvalue weighted by Crippen LogP contribution is -2.46. The number of anilines is 1. The minimum atomic E-state index is -0.244. The lowest BCUT2D eigenvalue weighted by Gasteiger charge is -2.38. The molecule has 2 aliphatic heterocycles. The fourth-order valence-corrected chi connectivity index (χ4v) is 5.68. The second-order valence-corrected chi connectivity index (χ2v) is 8.92. The number of carbonyl (C=O) groups is 1. The van der Waals surface area contributed by atoms with Gasteiger partial charge < -0.3 is 9.80 Å². The zero-order valence-electron chi connectivity index (χ0n) is 16.2. The first-order chi connectivity index (χ1) is 14.1. The van der Waals surface area contributed by atoms with Crippen LogP contribution < -0.4 is 4.90 Å². The molecule has 1 spiro atoms. The minimum absolute atomic E-state index is 0.109. The zero-order valence-corrected chi connectivity index (χ0v) is 17.0. The van der Waals surface area contributed by atoms with E-state index in [9.17, 15) is 9.18 Å². The summed E-state index contributed by atoms with van der Waals surface area (Å²) in [6.45, 7) is 2.36. The first kappa shape index (κ1) is 18.5. The Morgan fingerprint density at radius 3 is 2.79 bits per heavy atom. The van der Waals surface area contributed by atoms with E-state index in [0.717, 1.165) is 60.4 Å². The molecule has 0 saturated carbocycles. The number of likely N-dealkylation sites (tertiary alicyclic amines) is 1. The molecule has 0 unspecified atom stereocenters. The standard InChI is InChI=1S/C22H23FN4OS/c23-17-4-2-16(3-5-17)14-27-19(28)6-9-22(27)8-1-11-26(12-10-22)21-20-18(7-13-29-20)24-15-25-21/h2-5,7,13,15H,1,6,8-12,14H2/t22-/m0/s1. The molecule has 0 radical (unpaired) electrons. The van der Waals surface area contributed by atoms with Crippen molar-refractivity contribution in [3.8, 4) is 0 Å². The predicted octanol–water partition coefficient (Wildman–Crippen LogP) is 4.38. The molecular formula is C22H23FN4OS. The summed E-state index contributed by atoms with van der Waals surface area (Å²) >= 11 is 1.68. The highest BCUT2D eigenvalue weighted by atomic mass is 32.1. The number of rotatable bonds is 3. The van der Waals surface area contributed by atoms with Crippen LogP contribution in [0.2, 0.25) is 0 Å². The monoisotopic (exact) mass is 410 g/mol. The van der Waals surface area contributed by atoms with E-state index in [0.29, 0.717) is 13.0 Å². The van der Waals surface area contributed by atoms with Crippen LogP contribution in [0.1, 0.15) is 37.7 Å². The van der Waals surface area contributed by atoms with Crippen LogP contribution in [0.25, 0.3) is 10.2 Å². The van der Waals surface area contributed by atoms with Crippen LogP contribution in [0, 0.1) is 5.82 Å². The number of halogens is 1. The maximum Gasteiger partial charge on any atom is 0.223 e. The van der Waals surface area contributed by atoms with E-state index in [1.54, 1.807) is 29.8 Å². The van der Waals surface area contributed by atoms with Crippen LogP contribution in [-0.4, -0.2) is 39.4 Å². The molecule has 0 aliphatic carbocycles. The van der Waals surface area contributed by atoms with Gasteiger partial charge in [-0.1, -0.05) is 12.1 Å². The number of amides is 1. The summed E-state index contributed by atoms with van der Waals surface area (Å²) in [7, 11) is 0. The van der Waals surface area contributed by atoms with Crippen molar-refractivity contribution in [2.75, 3.05) is 18.0 Å². The van der Waals surface area contributed by atoms with Crippen molar-refractivity contribution >= 4 is 33.3 Å². The van der Waals surface area contributed by atoms with Crippen molar-refractivity contribution in [2.24, 2.45) is 0 Å². The second kappa shape index (κ2) is 7.37. The molecule has 7 heteroatoms. The van der Waals surface area contributed by atoms with Gasteiger partial charge in [-0.2, -0.15) is 0 Å². The molecule has 2 aliphatic rings. The number of hydrogen-bond acceptors (Lipinski definition) is 5. The number of thiophene rings is 1. The molecule has 1 aromatic carbocycles. The number of aromatic nitrogens is 2. The Kier molecular flexibility index (Phi) is 4.70. The minimum Gasteiger partial charge on any atom is -0.355 e. The molecule has 2 saturated heterocycles. The van der Waals surface area contributed by atoms with Gasteiger partial charge in [0.2, 0.25) is 5.91 Å². The van der Waals surface area contributed by atoms with Crippen LogP contribution in [0.4, 0.5) is 10.2 Å². The van der Waals surface area contributed by atoms with Crippen LogP contribution in [-0.2, 0) is 11.3 Å². The fraction of sp³-hybridized carbons (Fsp3) is 0.409. The molecule has 5 nitrogen and oxygen atoms in total. The lowest BCUT2D eigenvalue weighted by molar-refractivity contribution is -0.132. The second-order valence-electron chi connectivity index (χ2n) is 8.00. The maximum absolute atomic E-state index is 13.3. The third kappa shape index (κ3) is 3.37. The Balaban J connectivity index is 1.38. The average molecular weight is 411 g/mol. The smallest absolute Gasteiger partial charge is 0.223 e. The predicted molar refractivity (Wildman–Crippen MR) is 112 cm³/mol. The Hall–Kier alpha value is -2.54. The van der Waals surface area contributed by atoms with Crippen molar-refractivity contribution in [3.05, 3.63) is 53.4 Å². The molecule has 1 atom stereocenters. The maximum atomic E-state index is 13.3. The van der Waals surface area contributed by atoms with Gasteiger partial charge in [-0.3, -0.25) is 4.79 Å². The highest BCUT2D eigenvalue weighted by molar-refractivity contribution is 7.17. The van der Waals surface area contributed by atoms with E-state index >= 15 is 0 Å². The molecule has 0 bridgehead atoms. The summed E-state index contributed by atoms with van der Waals surface area (Å²) < 4.78 is 14.4. The number of benzene rings is 1. The Bertz CT molecular complexity index is 1040. The van der Waals surface area contributed by atoms with Crippen molar-refractivity contribution in [2.45, 2.75) is 44.2 Å². The molecule has 2 aromatic heterocycles. The van der Waals surface area contributed by atoms with Gasteiger partial charge in [0.1, 0.15) is 18.0 Å². The Morgan fingerprint density at radius 1 is 1.07 bits per heavy atom. The molecule has 2 fully saturated rings. The van der Waals surface area contributed by atoms with E-state index < -0.39 is 0 Å². The first-order valence-corrected chi connectivity index (χ1v) is 11.0. The van der Waals surface area contributed by atoms with Crippen molar-refractivity contribution in [3.63, 3.8) is 0 Å². The van der Waals surface area contributed by atoms with E-state index in [1.165, 1.54) is 12.1 Å². The Morgan fingerprint density at radius 2 is 1.93 bits per heavy atom. The summed E-state index contributed by atoms with van der Waals surface area (Å²) in [5.74, 6) is 0.980. The third-order valence-corrected chi connectivity index (χ3v) is 7.27. The summed E-state index contributed by atoms with van der Waals surface area (Å²) in [5, 5.41) is 2.06. The Labute approximate surface area is 173 Å². The molecule has 4 heterocycles. The van der Waals surface area contributed by atoms with Crippen LogP contribution in [0.15, 0.2) is 42.0 Å². The fourth-order valence-electron chi connectivity index (χ4n) is 4.81. The van der Waals surface area contributed by atoms with Crippen molar-refractivity contribution in [1.29, 1.82) is 0 Å². The van der Waals surface area contributed by atoms with Gasteiger partial charge >= 0.3 is 0 Å². The average Bonchev–Trinajstić information content (AvgIpc) is 3.25. The van der Waals surface area contributed by atoms with E-state index in [-0.39, 0.29) is 17.3 Å². The molecule has 150 valence electrons. The van der Waals surface area contributed by atoms with Crippen molar-refractivity contribution < 1.29 is 9.18 Å².